The molecular formula is C14H13F3N4O2S2. The zero-order valence-corrected chi connectivity index (χ0v) is 14.5. The fourth-order valence-corrected chi connectivity index (χ4v) is 3.19. The average Bonchev–Trinajstić information content (AvgIpc) is 2.99. The molecule has 134 valence electrons. The van der Waals surface area contributed by atoms with E-state index < -0.39 is 17.6 Å². The first-order chi connectivity index (χ1) is 11.8. The Morgan fingerprint density at radius 1 is 1.20 bits per heavy atom. The zero-order valence-electron chi connectivity index (χ0n) is 12.9. The van der Waals surface area contributed by atoms with E-state index in [0.29, 0.717) is 15.9 Å². The molecule has 0 radical (unpaired) electrons. The molecule has 2 rings (SSSR count). The molecule has 0 aliphatic carbocycles. The van der Waals surface area contributed by atoms with Gasteiger partial charge in [-0.3, -0.25) is 9.59 Å². The number of amides is 2. The van der Waals surface area contributed by atoms with Crippen molar-refractivity contribution in [3.63, 3.8) is 0 Å². The zero-order chi connectivity index (χ0) is 18.4. The van der Waals surface area contributed by atoms with Crippen molar-refractivity contribution in [2.45, 2.75) is 23.9 Å². The highest BCUT2D eigenvalue weighted by Crippen LogP contribution is 2.31. The number of anilines is 2. The van der Waals surface area contributed by atoms with Gasteiger partial charge in [0.05, 0.1) is 11.3 Å². The molecule has 0 aliphatic rings. The molecule has 0 atom stereocenters. The third-order valence-corrected chi connectivity index (χ3v) is 4.75. The van der Waals surface area contributed by atoms with Gasteiger partial charge in [0.1, 0.15) is 0 Å². The third kappa shape index (κ3) is 6.02. The monoisotopic (exact) mass is 390 g/mol. The summed E-state index contributed by atoms with van der Waals surface area (Å²) in [6, 6.07) is 4.39. The maximum absolute atomic E-state index is 12.6. The van der Waals surface area contributed by atoms with Crippen molar-refractivity contribution in [1.29, 1.82) is 0 Å². The van der Waals surface area contributed by atoms with Gasteiger partial charge in [0, 0.05) is 12.1 Å². The highest BCUT2D eigenvalue weighted by Gasteiger charge is 2.30. The number of aromatic nitrogens is 2. The number of rotatable bonds is 6. The molecule has 1 aromatic heterocycles. The van der Waals surface area contributed by atoms with E-state index in [2.05, 4.69) is 20.8 Å². The molecule has 2 N–H and O–H groups in total. The fourth-order valence-electron chi connectivity index (χ4n) is 1.62. The van der Waals surface area contributed by atoms with Crippen LogP contribution < -0.4 is 10.6 Å². The summed E-state index contributed by atoms with van der Waals surface area (Å²) in [7, 11) is 0. The smallest absolute Gasteiger partial charge is 0.325 e. The van der Waals surface area contributed by atoms with Gasteiger partial charge >= 0.3 is 6.18 Å². The van der Waals surface area contributed by atoms with E-state index in [0.717, 1.165) is 35.2 Å². The lowest BCUT2D eigenvalue weighted by Crippen LogP contribution is -2.15. The molecule has 0 spiro atoms. The molecule has 0 unspecified atom stereocenters. The molecule has 0 bridgehead atoms. The van der Waals surface area contributed by atoms with Gasteiger partial charge in [-0.1, -0.05) is 36.1 Å². The van der Waals surface area contributed by atoms with Gasteiger partial charge in [-0.15, -0.1) is 10.2 Å². The van der Waals surface area contributed by atoms with Crippen molar-refractivity contribution in [1.82, 2.24) is 10.2 Å². The fraction of sp³-hybridized carbons (Fsp3) is 0.286. The lowest BCUT2D eigenvalue weighted by molar-refractivity contribution is -0.137. The number of alkyl halides is 3. The first-order valence-corrected chi connectivity index (χ1v) is 8.81. The van der Waals surface area contributed by atoms with Crippen LogP contribution in [0.15, 0.2) is 28.6 Å². The summed E-state index contributed by atoms with van der Waals surface area (Å²) in [6.45, 7) is 1.70. The topological polar surface area (TPSA) is 84.0 Å². The van der Waals surface area contributed by atoms with Gasteiger partial charge in [0.15, 0.2) is 4.34 Å². The maximum atomic E-state index is 12.6. The van der Waals surface area contributed by atoms with Crippen molar-refractivity contribution < 1.29 is 22.8 Å². The Hall–Kier alpha value is -2.14. The standard InChI is InChI=1S/C14H13F3N4O2S2/c1-2-10(22)19-12-20-21-13(25-12)24-7-11(23)18-9-5-3-4-8(6-9)14(15,16)17/h3-6H,2,7H2,1H3,(H,18,23)(H,19,20,22). The predicted molar refractivity (Wildman–Crippen MR) is 89.6 cm³/mol. The van der Waals surface area contributed by atoms with Crippen molar-refractivity contribution >= 4 is 45.7 Å². The number of halogens is 3. The van der Waals surface area contributed by atoms with Gasteiger partial charge in [-0.05, 0) is 18.2 Å². The summed E-state index contributed by atoms with van der Waals surface area (Å²) in [4.78, 5) is 23.1. The molecule has 0 saturated carbocycles. The van der Waals surface area contributed by atoms with Crippen molar-refractivity contribution in [2.75, 3.05) is 16.4 Å². The van der Waals surface area contributed by atoms with Gasteiger partial charge in [-0.25, -0.2) is 0 Å². The van der Waals surface area contributed by atoms with E-state index in [4.69, 9.17) is 0 Å². The SMILES string of the molecule is CCC(=O)Nc1nnc(SCC(=O)Nc2cccc(C(F)(F)F)c2)s1. The van der Waals surface area contributed by atoms with E-state index >= 15 is 0 Å². The van der Waals surface area contributed by atoms with Crippen molar-refractivity contribution in [3.05, 3.63) is 29.8 Å². The summed E-state index contributed by atoms with van der Waals surface area (Å²) >= 11 is 2.18. The maximum Gasteiger partial charge on any atom is 0.416 e. The van der Waals surface area contributed by atoms with E-state index in [1.807, 2.05) is 0 Å². The van der Waals surface area contributed by atoms with Crippen LogP contribution in [0, 0.1) is 0 Å². The lowest BCUT2D eigenvalue weighted by Gasteiger charge is -2.09. The Morgan fingerprint density at radius 2 is 1.96 bits per heavy atom. The molecule has 0 aliphatic heterocycles. The molecular weight excluding hydrogens is 377 g/mol. The number of nitrogens with zero attached hydrogens (tertiary/aromatic N) is 2. The Balaban J connectivity index is 1.88. The summed E-state index contributed by atoms with van der Waals surface area (Å²) in [5, 5.41) is 12.9. The largest absolute Gasteiger partial charge is 0.416 e. The Morgan fingerprint density at radius 3 is 2.64 bits per heavy atom. The van der Waals surface area contributed by atoms with Crippen LogP contribution in [0.3, 0.4) is 0 Å². The molecule has 2 amide bonds. The third-order valence-electron chi connectivity index (χ3n) is 2.77. The van der Waals surface area contributed by atoms with E-state index in [-0.39, 0.29) is 17.3 Å². The predicted octanol–water partition coefficient (Wildman–Crippen LogP) is 3.64. The van der Waals surface area contributed by atoms with Crippen LogP contribution in [0.4, 0.5) is 24.0 Å². The van der Waals surface area contributed by atoms with Crippen LogP contribution in [0.2, 0.25) is 0 Å². The average molecular weight is 390 g/mol. The minimum Gasteiger partial charge on any atom is -0.325 e. The number of benzene rings is 1. The molecule has 25 heavy (non-hydrogen) atoms. The van der Waals surface area contributed by atoms with Crippen LogP contribution >= 0.6 is 23.1 Å². The number of thioether (sulfide) groups is 1. The van der Waals surface area contributed by atoms with Gasteiger partial charge in [0.2, 0.25) is 16.9 Å². The highest BCUT2D eigenvalue weighted by atomic mass is 32.2. The number of nitrogens with one attached hydrogen (secondary N) is 2. The highest BCUT2D eigenvalue weighted by molar-refractivity contribution is 8.01. The molecule has 0 saturated heterocycles. The van der Waals surface area contributed by atoms with Crippen LogP contribution in [0.5, 0.6) is 0 Å². The van der Waals surface area contributed by atoms with Crippen molar-refractivity contribution in [3.8, 4) is 0 Å². The van der Waals surface area contributed by atoms with Gasteiger partial charge in [-0.2, -0.15) is 13.2 Å². The summed E-state index contributed by atoms with van der Waals surface area (Å²) in [5.74, 6) is -0.722. The Kier molecular flexibility index (Phi) is 6.37. The van der Waals surface area contributed by atoms with E-state index in [9.17, 15) is 22.8 Å². The molecule has 1 heterocycles. The van der Waals surface area contributed by atoms with Crippen molar-refractivity contribution in [2.24, 2.45) is 0 Å². The van der Waals surface area contributed by atoms with E-state index in [1.165, 1.54) is 12.1 Å². The Bertz CT molecular complexity index is 765. The second-order valence-corrected chi connectivity index (χ2v) is 6.89. The molecule has 6 nitrogen and oxygen atoms in total. The Labute approximate surface area is 149 Å². The first kappa shape index (κ1) is 19.2. The van der Waals surface area contributed by atoms with Gasteiger partial charge < -0.3 is 10.6 Å². The lowest BCUT2D eigenvalue weighted by atomic mass is 10.2. The first-order valence-electron chi connectivity index (χ1n) is 7.01. The van der Waals surface area contributed by atoms with Gasteiger partial charge in [0.25, 0.3) is 0 Å². The molecule has 2 aromatic rings. The molecule has 11 heteroatoms. The summed E-state index contributed by atoms with van der Waals surface area (Å²) in [5.41, 5.74) is -0.771. The second-order valence-electron chi connectivity index (χ2n) is 4.69. The second kappa shape index (κ2) is 8.30. The summed E-state index contributed by atoms with van der Waals surface area (Å²) in [6.07, 6.45) is -4.16. The summed E-state index contributed by atoms with van der Waals surface area (Å²) < 4.78 is 38.4. The number of carbonyl (C=O) groups is 2. The van der Waals surface area contributed by atoms with Crippen LogP contribution in [-0.4, -0.2) is 27.8 Å². The molecule has 1 aromatic carbocycles. The van der Waals surface area contributed by atoms with E-state index in [1.54, 1.807) is 6.92 Å². The minimum atomic E-state index is -4.47. The molecule has 0 fully saturated rings. The minimum absolute atomic E-state index is 0.0490. The van der Waals surface area contributed by atoms with Crippen LogP contribution in [-0.2, 0) is 15.8 Å². The number of hydrogen-bond donors (Lipinski definition) is 2. The number of carbonyl (C=O) groups excluding carboxylic acids is 2. The normalized spacial score (nSPS) is 11.2. The quantitative estimate of drug-likeness (QED) is 0.581. The van der Waals surface area contributed by atoms with Crippen LogP contribution in [0.1, 0.15) is 18.9 Å². The van der Waals surface area contributed by atoms with Crippen LogP contribution in [0.25, 0.3) is 0 Å². The number of hydrogen-bond acceptors (Lipinski definition) is 6.